The summed E-state index contributed by atoms with van der Waals surface area (Å²) in [4.78, 5) is 13.5. The molecule has 2 nitrogen and oxygen atoms in total. The summed E-state index contributed by atoms with van der Waals surface area (Å²) >= 11 is 0. The van der Waals surface area contributed by atoms with Gasteiger partial charge in [-0.3, -0.25) is 4.79 Å². The van der Waals surface area contributed by atoms with Gasteiger partial charge >= 0.3 is 0 Å². The Bertz CT molecular complexity index is 391. The molecule has 1 aliphatic heterocycles. The SMILES string of the molecule is CC(=O)N1CCCC1c1cc(C)cc(C)c1. The van der Waals surface area contributed by atoms with E-state index >= 15 is 0 Å². The van der Waals surface area contributed by atoms with Gasteiger partial charge in [-0.05, 0) is 32.3 Å². The number of carbonyl (C=O) groups excluding carboxylic acids is 1. The van der Waals surface area contributed by atoms with Crippen molar-refractivity contribution in [3.8, 4) is 0 Å². The highest BCUT2D eigenvalue weighted by atomic mass is 16.2. The first-order valence-corrected chi connectivity index (χ1v) is 5.93. The number of aryl methyl sites for hydroxylation is 2. The predicted octanol–water partition coefficient (Wildman–Crippen LogP) is 2.99. The highest BCUT2D eigenvalue weighted by molar-refractivity contribution is 5.74. The number of likely N-dealkylation sites (tertiary alicyclic amines) is 1. The number of nitrogens with zero attached hydrogens (tertiary/aromatic N) is 1. The molecule has 1 amide bonds. The number of rotatable bonds is 1. The fraction of sp³-hybridized carbons (Fsp3) is 0.500. The van der Waals surface area contributed by atoms with E-state index in [0.717, 1.165) is 19.4 Å². The van der Waals surface area contributed by atoms with Crippen molar-refractivity contribution in [2.24, 2.45) is 0 Å². The molecule has 0 aliphatic carbocycles. The minimum Gasteiger partial charge on any atom is -0.336 e. The molecule has 2 heteroatoms. The molecule has 0 N–H and O–H groups in total. The molecule has 1 saturated heterocycles. The summed E-state index contributed by atoms with van der Waals surface area (Å²) in [6.45, 7) is 6.81. The molecule has 0 bridgehead atoms. The van der Waals surface area contributed by atoms with Crippen molar-refractivity contribution in [1.82, 2.24) is 4.90 Å². The van der Waals surface area contributed by atoms with Crippen LogP contribution in [0.3, 0.4) is 0 Å². The molecule has 1 fully saturated rings. The van der Waals surface area contributed by atoms with Crippen LogP contribution in [-0.2, 0) is 4.79 Å². The first-order chi connectivity index (χ1) is 7.58. The minimum atomic E-state index is 0.196. The molecule has 1 aromatic carbocycles. The molecular formula is C14H19NO. The maximum absolute atomic E-state index is 11.5. The second-order valence-corrected chi connectivity index (χ2v) is 4.79. The maximum atomic E-state index is 11.5. The van der Waals surface area contributed by atoms with E-state index in [4.69, 9.17) is 0 Å². The standard InChI is InChI=1S/C14H19NO/c1-10-7-11(2)9-13(8-10)14-5-4-6-15(14)12(3)16/h7-9,14H,4-6H2,1-3H3. The smallest absolute Gasteiger partial charge is 0.219 e. The van der Waals surface area contributed by atoms with Crippen molar-refractivity contribution < 1.29 is 4.79 Å². The van der Waals surface area contributed by atoms with Gasteiger partial charge in [0.25, 0.3) is 0 Å². The third-order valence-corrected chi connectivity index (χ3v) is 3.29. The van der Waals surface area contributed by atoms with Crippen molar-refractivity contribution in [3.05, 3.63) is 34.9 Å². The summed E-state index contributed by atoms with van der Waals surface area (Å²) in [7, 11) is 0. The van der Waals surface area contributed by atoms with Crippen molar-refractivity contribution in [3.63, 3.8) is 0 Å². The van der Waals surface area contributed by atoms with Gasteiger partial charge < -0.3 is 4.90 Å². The van der Waals surface area contributed by atoms with Crippen LogP contribution in [0.15, 0.2) is 18.2 Å². The summed E-state index contributed by atoms with van der Waals surface area (Å²) in [5.41, 5.74) is 3.86. The molecule has 0 radical (unpaired) electrons. The van der Waals surface area contributed by atoms with E-state index in [0.29, 0.717) is 6.04 Å². The molecule has 0 spiro atoms. The molecule has 1 aliphatic rings. The van der Waals surface area contributed by atoms with Gasteiger partial charge in [0.2, 0.25) is 5.91 Å². The summed E-state index contributed by atoms with van der Waals surface area (Å²) in [6, 6.07) is 6.89. The highest BCUT2D eigenvalue weighted by Gasteiger charge is 2.27. The van der Waals surface area contributed by atoms with Crippen LogP contribution >= 0.6 is 0 Å². The first-order valence-electron chi connectivity index (χ1n) is 5.93. The van der Waals surface area contributed by atoms with Crippen LogP contribution < -0.4 is 0 Å². The Kier molecular flexibility index (Phi) is 2.99. The fourth-order valence-corrected chi connectivity index (χ4v) is 2.69. The van der Waals surface area contributed by atoms with Gasteiger partial charge in [-0.2, -0.15) is 0 Å². The normalized spacial score (nSPS) is 20.2. The van der Waals surface area contributed by atoms with Crippen LogP contribution in [0.5, 0.6) is 0 Å². The van der Waals surface area contributed by atoms with Gasteiger partial charge in [-0.25, -0.2) is 0 Å². The zero-order chi connectivity index (χ0) is 11.7. The van der Waals surface area contributed by atoms with E-state index in [1.807, 2.05) is 4.90 Å². The molecular weight excluding hydrogens is 198 g/mol. The van der Waals surface area contributed by atoms with Crippen LogP contribution in [0.4, 0.5) is 0 Å². The summed E-state index contributed by atoms with van der Waals surface area (Å²) in [5, 5.41) is 0. The largest absolute Gasteiger partial charge is 0.336 e. The zero-order valence-electron chi connectivity index (χ0n) is 10.3. The molecule has 2 rings (SSSR count). The van der Waals surface area contributed by atoms with E-state index < -0.39 is 0 Å². The van der Waals surface area contributed by atoms with Crippen molar-refractivity contribution in [2.75, 3.05) is 6.54 Å². The molecule has 0 saturated carbocycles. The van der Waals surface area contributed by atoms with Crippen LogP contribution in [0.25, 0.3) is 0 Å². The molecule has 1 heterocycles. The van der Waals surface area contributed by atoms with Crippen LogP contribution in [-0.4, -0.2) is 17.4 Å². The molecule has 0 aromatic heterocycles. The first kappa shape index (κ1) is 11.2. The number of hydrogen-bond acceptors (Lipinski definition) is 1. The van der Waals surface area contributed by atoms with E-state index in [1.165, 1.54) is 16.7 Å². The van der Waals surface area contributed by atoms with Crippen molar-refractivity contribution in [1.29, 1.82) is 0 Å². The second kappa shape index (κ2) is 4.28. The Hall–Kier alpha value is -1.31. The van der Waals surface area contributed by atoms with Gasteiger partial charge in [0, 0.05) is 13.5 Å². The number of carbonyl (C=O) groups is 1. The van der Waals surface area contributed by atoms with E-state index in [2.05, 4.69) is 32.0 Å². The zero-order valence-corrected chi connectivity index (χ0v) is 10.3. The third kappa shape index (κ3) is 2.11. The van der Waals surface area contributed by atoms with Crippen molar-refractivity contribution >= 4 is 5.91 Å². The Morgan fingerprint density at radius 1 is 1.25 bits per heavy atom. The Morgan fingerprint density at radius 3 is 2.44 bits per heavy atom. The fourth-order valence-electron chi connectivity index (χ4n) is 2.69. The average Bonchev–Trinajstić information content (AvgIpc) is 2.63. The molecule has 1 atom stereocenters. The van der Waals surface area contributed by atoms with Gasteiger partial charge in [0.05, 0.1) is 6.04 Å². The van der Waals surface area contributed by atoms with E-state index in [1.54, 1.807) is 6.92 Å². The van der Waals surface area contributed by atoms with Crippen LogP contribution in [0.1, 0.15) is 42.5 Å². The summed E-state index contributed by atoms with van der Waals surface area (Å²) in [5.74, 6) is 0.196. The summed E-state index contributed by atoms with van der Waals surface area (Å²) in [6.07, 6.45) is 2.22. The predicted molar refractivity (Wildman–Crippen MR) is 65.3 cm³/mol. The van der Waals surface area contributed by atoms with Gasteiger partial charge in [0.1, 0.15) is 0 Å². The Labute approximate surface area is 97.3 Å². The Morgan fingerprint density at radius 2 is 1.88 bits per heavy atom. The monoisotopic (exact) mass is 217 g/mol. The third-order valence-electron chi connectivity index (χ3n) is 3.29. The summed E-state index contributed by atoms with van der Waals surface area (Å²) < 4.78 is 0. The lowest BCUT2D eigenvalue weighted by molar-refractivity contribution is -0.129. The number of amides is 1. The second-order valence-electron chi connectivity index (χ2n) is 4.79. The lowest BCUT2D eigenvalue weighted by Crippen LogP contribution is -2.28. The van der Waals surface area contributed by atoms with Crippen molar-refractivity contribution in [2.45, 2.75) is 39.7 Å². The van der Waals surface area contributed by atoms with Crippen LogP contribution in [0, 0.1) is 13.8 Å². The van der Waals surface area contributed by atoms with E-state index in [9.17, 15) is 4.79 Å². The Balaban J connectivity index is 2.32. The van der Waals surface area contributed by atoms with Crippen LogP contribution in [0.2, 0.25) is 0 Å². The van der Waals surface area contributed by atoms with E-state index in [-0.39, 0.29) is 5.91 Å². The minimum absolute atomic E-state index is 0.196. The average molecular weight is 217 g/mol. The lowest BCUT2D eigenvalue weighted by atomic mass is 9.99. The molecule has 1 aromatic rings. The van der Waals surface area contributed by atoms with Gasteiger partial charge in [-0.15, -0.1) is 0 Å². The number of hydrogen-bond donors (Lipinski definition) is 0. The lowest BCUT2D eigenvalue weighted by Gasteiger charge is -2.24. The molecule has 86 valence electrons. The molecule has 16 heavy (non-hydrogen) atoms. The van der Waals surface area contributed by atoms with Gasteiger partial charge in [0.15, 0.2) is 0 Å². The van der Waals surface area contributed by atoms with Gasteiger partial charge in [-0.1, -0.05) is 29.3 Å². The quantitative estimate of drug-likeness (QED) is 0.708. The maximum Gasteiger partial charge on any atom is 0.219 e. The number of benzene rings is 1. The molecule has 1 unspecified atom stereocenters. The highest BCUT2D eigenvalue weighted by Crippen LogP contribution is 2.32. The topological polar surface area (TPSA) is 20.3 Å².